The lowest BCUT2D eigenvalue weighted by Gasteiger charge is -2.08. The second kappa shape index (κ2) is 5.18. The van der Waals surface area contributed by atoms with E-state index in [0.717, 1.165) is 16.8 Å². The summed E-state index contributed by atoms with van der Waals surface area (Å²) in [5.74, 6) is -0.425. The van der Waals surface area contributed by atoms with Crippen molar-refractivity contribution in [3.8, 4) is 11.3 Å². The summed E-state index contributed by atoms with van der Waals surface area (Å²) in [6.45, 7) is 4.07. The van der Waals surface area contributed by atoms with Crippen LogP contribution in [0.4, 0.5) is 0 Å². The van der Waals surface area contributed by atoms with Gasteiger partial charge in [-0.3, -0.25) is 0 Å². The minimum atomic E-state index is -0.425. The molecule has 0 radical (unpaired) electrons. The van der Waals surface area contributed by atoms with Gasteiger partial charge in [-0.25, -0.2) is 9.78 Å². The fourth-order valence-electron chi connectivity index (χ4n) is 2.15. The third-order valence-corrected chi connectivity index (χ3v) is 3.09. The van der Waals surface area contributed by atoms with Crippen LogP contribution in [-0.4, -0.2) is 18.1 Å². The molecule has 1 aromatic heterocycles. The smallest absolute Gasteiger partial charge is 0.363 e. The normalized spacial score (nSPS) is 10.3. The summed E-state index contributed by atoms with van der Waals surface area (Å²) in [7, 11) is 3.26. The van der Waals surface area contributed by atoms with Crippen LogP contribution in [0.15, 0.2) is 30.6 Å². The molecule has 98 valence electrons. The van der Waals surface area contributed by atoms with Crippen LogP contribution < -0.4 is 4.57 Å². The molecule has 0 bridgehead atoms. The Kier molecular flexibility index (Phi) is 3.60. The van der Waals surface area contributed by atoms with Crippen molar-refractivity contribution in [2.75, 3.05) is 7.11 Å². The summed E-state index contributed by atoms with van der Waals surface area (Å²) in [5, 5.41) is 0. The molecular weight excluding hydrogens is 240 g/mol. The number of carbonyl (C=O) groups excluding carboxylic acids is 1. The standard InChI is InChI=1S/C15H17N2O2/c1-10-5-6-12(11(2)9-10)14-13(15(18)19-4)16-7-8-17(14)3/h5-9H,1-4H3/q+1. The Bertz CT molecular complexity index is 636. The zero-order chi connectivity index (χ0) is 14.0. The largest absolute Gasteiger partial charge is 0.464 e. The molecule has 0 spiro atoms. The Labute approximate surface area is 112 Å². The molecule has 0 N–H and O–H groups in total. The van der Waals surface area contributed by atoms with Gasteiger partial charge in [-0.2, -0.15) is 4.57 Å². The first-order chi connectivity index (χ1) is 9.04. The van der Waals surface area contributed by atoms with Gasteiger partial charge in [0.25, 0.3) is 0 Å². The van der Waals surface area contributed by atoms with Gasteiger partial charge in [0.15, 0.2) is 6.20 Å². The molecule has 1 heterocycles. The molecule has 1 aromatic carbocycles. The molecule has 4 heteroatoms. The van der Waals surface area contributed by atoms with E-state index in [-0.39, 0.29) is 0 Å². The summed E-state index contributed by atoms with van der Waals surface area (Å²) in [6.07, 6.45) is 3.42. The highest BCUT2D eigenvalue weighted by molar-refractivity contribution is 5.93. The zero-order valence-corrected chi connectivity index (χ0v) is 11.6. The van der Waals surface area contributed by atoms with E-state index in [2.05, 4.69) is 11.1 Å². The molecular formula is C15H17N2O2+. The minimum absolute atomic E-state index is 0.333. The molecule has 2 aromatic rings. The lowest BCUT2D eigenvalue weighted by molar-refractivity contribution is -0.661. The molecule has 0 saturated carbocycles. The van der Waals surface area contributed by atoms with Gasteiger partial charge in [-0.15, -0.1) is 0 Å². The number of aryl methyl sites for hydroxylation is 3. The lowest BCUT2D eigenvalue weighted by atomic mass is 10.0. The van der Waals surface area contributed by atoms with Crippen LogP contribution >= 0.6 is 0 Å². The predicted molar refractivity (Wildman–Crippen MR) is 71.7 cm³/mol. The molecule has 0 aliphatic carbocycles. The van der Waals surface area contributed by atoms with Crippen LogP contribution in [-0.2, 0) is 11.8 Å². The van der Waals surface area contributed by atoms with Crippen LogP contribution in [0.25, 0.3) is 11.3 Å². The van der Waals surface area contributed by atoms with Gasteiger partial charge < -0.3 is 4.74 Å². The van der Waals surface area contributed by atoms with E-state index in [1.165, 1.54) is 12.7 Å². The maximum Gasteiger partial charge on any atom is 0.363 e. The molecule has 0 saturated heterocycles. The maximum absolute atomic E-state index is 11.8. The van der Waals surface area contributed by atoms with Crippen LogP contribution in [0.5, 0.6) is 0 Å². The second-order valence-electron chi connectivity index (χ2n) is 4.55. The fraction of sp³-hybridized carbons (Fsp3) is 0.267. The number of esters is 1. The van der Waals surface area contributed by atoms with Gasteiger partial charge in [0, 0.05) is 0 Å². The zero-order valence-electron chi connectivity index (χ0n) is 11.6. The molecule has 19 heavy (non-hydrogen) atoms. The molecule has 0 unspecified atom stereocenters. The molecule has 0 atom stereocenters. The summed E-state index contributed by atoms with van der Waals surface area (Å²) >= 11 is 0. The van der Waals surface area contributed by atoms with Crippen molar-refractivity contribution in [3.05, 3.63) is 47.4 Å². The molecule has 0 amide bonds. The highest BCUT2D eigenvalue weighted by Gasteiger charge is 2.24. The number of hydrogen-bond acceptors (Lipinski definition) is 3. The summed E-state index contributed by atoms with van der Waals surface area (Å²) in [5.41, 5.74) is 4.38. The van der Waals surface area contributed by atoms with Crippen molar-refractivity contribution < 1.29 is 14.1 Å². The molecule has 0 fully saturated rings. The Hall–Kier alpha value is -2.23. The third-order valence-electron chi connectivity index (χ3n) is 3.09. The van der Waals surface area contributed by atoms with Crippen molar-refractivity contribution >= 4 is 5.97 Å². The number of rotatable bonds is 2. The van der Waals surface area contributed by atoms with Crippen molar-refractivity contribution in [1.29, 1.82) is 0 Å². The first kappa shape index (κ1) is 13.2. The Balaban J connectivity index is 2.70. The van der Waals surface area contributed by atoms with Gasteiger partial charge in [0.1, 0.15) is 7.05 Å². The quantitative estimate of drug-likeness (QED) is 0.610. The topological polar surface area (TPSA) is 43.1 Å². The number of methoxy groups -OCH3 is 1. The molecule has 4 nitrogen and oxygen atoms in total. The van der Waals surface area contributed by atoms with Crippen LogP contribution in [0.3, 0.4) is 0 Å². The number of nitrogens with zero attached hydrogens (tertiary/aromatic N) is 2. The highest BCUT2D eigenvalue weighted by Crippen LogP contribution is 2.23. The first-order valence-electron chi connectivity index (χ1n) is 6.05. The van der Waals surface area contributed by atoms with E-state index in [1.54, 1.807) is 6.20 Å². The van der Waals surface area contributed by atoms with Gasteiger partial charge in [-0.1, -0.05) is 17.7 Å². The van der Waals surface area contributed by atoms with Crippen LogP contribution in [0.1, 0.15) is 21.6 Å². The van der Waals surface area contributed by atoms with Gasteiger partial charge in [0.05, 0.1) is 18.9 Å². The van der Waals surface area contributed by atoms with E-state index in [4.69, 9.17) is 4.74 Å². The Morgan fingerprint density at radius 3 is 2.68 bits per heavy atom. The first-order valence-corrected chi connectivity index (χ1v) is 6.05. The van der Waals surface area contributed by atoms with Crippen LogP contribution in [0.2, 0.25) is 0 Å². The van der Waals surface area contributed by atoms with E-state index in [9.17, 15) is 4.79 Å². The lowest BCUT2D eigenvalue weighted by Crippen LogP contribution is -2.34. The predicted octanol–water partition coefficient (Wildman–Crippen LogP) is 1.98. The van der Waals surface area contributed by atoms with E-state index in [1.807, 2.05) is 43.8 Å². The van der Waals surface area contributed by atoms with E-state index < -0.39 is 5.97 Å². The average Bonchev–Trinajstić information content (AvgIpc) is 2.38. The second-order valence-corrected chi connectivity index (χ2v) is 4.55. The number of ether oxygens (including phenoxy) is 1. The third kappa shape index (κ3) is 2.47. The minimum Gasteiger partial charge on any atom is -0.464 e. The highest BCUT2D eigenvalue weighted by atomic mass is 16.5. The van der Waals surface area contributed by atoms with Gasteiger partial charge in [-0.05, 0) is 25.5 Å². The van der Waals surface area contributed by atoms with Gasteiger partial charge >= 0.3 is 5.97 Å². The monoisotopic (exact) mass is 257 g/mol. The summed E-state index contributed by atoms with van der Waals surface area (Å²) in [4.78, 5) is 16.0. The number of carbonyl (C=O) groups is 1. The number of benzene rings is 1. The average molecular weight is 257 g/mol. The summed E-state index contributed by atoms with van der Waals surface area (Å²) < 4.78 is 6.69. The van der Waals surface area contributed by atoms with Crippen molar-refractivity contribution in [2.45, 2.75) is 13.8 Å². The van der Waals surface area contributed by atoms with Crippen molar-refractivity contribution in [3.63, 3.8) is 0 Å². The number of hydrogen-bond donors (Lipinski definition) is 0. The SMILES string of the molecule is COC(=O)c1ncc[n+](C)c1-c1ccc(C)cc1C. The van der Waals surface area contributed by atoms with E-state index in [0.29, 0.717) is 5.69 Å². The molecule has 0 aliphatic rings. The van der Waals surface area contributed by atoms with Crippen molar-refractivity contribution in [2.24, 2.45) is 7.05 Å². The Morgan fingerprint density at radius 2 is 2.05 bits per heavy atom. The molecule has 0 aliphatic heterocycles. The maximum atomic E-state index is 11.8. The number of aromatic nitrogens is 2. The van der Waals surface area contributed by atoms with E-state index >= 15 is 0 Å². The molecule has 2 rings (SSSR count). The Morgan fingerprint density at radius 1 is 1.32 bits per heavy atom. The fourth-order valence-corrected chi connectivity index (χ4v) is 2.15. The van der Waals surface area contributed by atoms with Crippen molar-refractivity contribution in [1.82, 2.24) is 4.98 Å². The summed E-state index contributed by atoms with van der Waals surface area (Å²) in [6, 6.07) is 6.12. The van der Waals surface area contributed by atoms with Crippen LogP contribution in [0, 0.1) is 13.8 Å². The van der Waals surface area contributed by atoms with Gasteiger partial charge in [0.2, 0.25) is 11.4 Å².